The lowest BCUT2D eigenvalue weighted by Gasteiger charge is -1.91. The molecule has 9 heavy (non-hydrogen) atoms. The highest BCUT2D eigenvalue weighted by atomic mass is 13.9. The zero-order valence-electron chi connectivity index (χ0n) is 6.46. The highest BCUT2D eigenvalue weighted by Gasteiger charge is 1.82. The van der Waals surface area contributed by atoms with Crippen LogP contribution in [0.3, 0.4) is 0 Å². The lowest BCUT2D eigenvalue weighted by Crippen LogP contribution is -1.71. The second-order valence-corrected chi connectivity index (χ2v) is 2.08. The minimum absolute atomic E-state index is 1.08. The molecular formula is C9H10. The van der Waals surface area contributed by atoms with Gasteiger partial charge in [-0.3, -0.25) is 0 Å². The first-order valence-electron chi connectivity index (χ1n) is 3.52. The van der Waals surface area contributed by atoms with Gasteiger partial charge in [-0.25, -0.2) is 0 Å². The summed E-state index contributed by atoms with van der Waals surface area (Å²) in [5, 5.41) is 0. The topological polar surface area (TPSA) is 0 Å². The van der Waals surface area contributed by atoms with Gasteiger partial charge in [-0.2, -0.15) is 0 Å². The van der Waals surface area contributed by atoms with Crippen molar-refractivity contribution in [3.63, 3.8) is 0 Å². The molecule has 1 rings (SSSR count). The number of hydrogen-bond acceptors (Lipinski definition) is 0. The number of aryl methyl sites for hydroxylation is 1. The van der Waals surface area contributed by atoms with E-state index < -0.39 is 0 Å². The van der Waals surface area contributed by atoms with Gasteiger partial charge < -0.3 is 0 Å². The van der Waals surface area contributed by atoms with Crippen molar-refractivity contribution in [3.05, 3.63) is 41.9 Å². The van der Waals surface area contributed by atoms with Crippen LogP contribution in [0.2, 0.25) is 0 Å². The van der Waals surface area contributed by atoms with Crippen LogP contribution in [0.1, 0.15) is 12.5 Å². The maximum atomic E-state index is 6.81. The third-order valence-electron chi connectivity index (χ3n) is 1.27. The normalized spacial score (nSPS) is 11.9. The summed E-state index contributed by atoms with van der Waals surface area (Å²) in [7, 11) is 0. The van der Waals surface area contributed by atoms with E-state index in [0.717, 1.165) is 5.56 Å². The van der Waals surface area contributed by atoms with Gasteiger partial charge in [0.1, 0.15) is 0 Å². The van der Waals surface area contributed by atoms with Crippen molar-refractivity contribution in [3.8, 4) is 0 Å². The summed E-state index contributed by atoms with van der Waals surface area (Å²) in [6, 6.07) is 8.07. The Hall–Kier alpha value is -1.04. The Kier molecular flexibility index (Phi) is 1.33. The molecule has 0 amide bonds. The molecule has 0 aliphatic rings. The second kappa shape index (κ2) is 2.49. The van der Waals surface area contributed by atoms with E-state index in [0.29, 0.717) is 0 Å². The predicted molar refractivity (Wildman–Crippen MR) is 41.3 cm³/mol. The standard InChI is InChI=1S/C9H10/c1-3-9-6-4-8(2)5-7-9/h3-7H,1H2,2H3/i1D. The summed E-state index contributed by atoms with van der Waals surface area (Å²) in [6.45, 7) is 3.35. The van der Waals surface area contributed by atoms with E-state index in [1.165, 1.54) is 12.1 Å². The first kappa shape index (κ1) is 4.80. The van der Waals surface area contributed by atoms with Gasteiger partial charge in [-0.1, -0.05) is 42.5 Å². The van der Waals surface area contributed by atoms with Crippen molar-refractivity contribution < 1.29 is 1.37 Å². The van der Waals surface area contributed by atoms with Crippen molar-refractivity contribution in [2.45, 2.75) is 6.92 Å². The maximum Gasteiger partial charge on any atom is 0.0538 e. The van der Waals surface area contributed by atoms with E-state index in [1.54, 1.807) is 6.08 Å². The van der Waals surface area contributed by atoms with E-state index in [-0.39, 0.29) is 0 Å². The summed E-state index contributed by atoms with van der Waals surface area (Å²) in [5.74, 6) is 0. The Morgan fingerprint density at radius 2 is 2.11 bits per heavy atom. The molecular weight excluding hydrogens is 108 g/mol. The van der Waals surface area contributed by atoms with E-state index >= 15 is 0 Å². The smallest absolute Gasteiger partial charge is 0.0538 e. The van der Waals surface area contributed by atoms with Crippen molar-refractivity contribution in [2.24, 2.45) is 0 Å². The first-order chi connectivity index (χ1) is 4.83. The molecule has 0 heteroatoms. The Morgan fingerprint density at radius 1 is 1.44 bits per heavy atom. The van der Waals surface area contributed by atoms with E-state index in [4.69, 9.17) is 1.37 Å². The molecule has 0 spiro atoms. The monoisotopic (exact) mass is 119 g/mol. The molecule has 0 nitrogen and oxygen atoms in total. The predicted octanol–water partition coefficient (Wildman–Crippen LogP) is 2.64. The Bertz CT molecular complexity index is 221. The highest BCUT2D eigenvalue weighted by Crippen LogP contribution is 2.02. The van der Waals surface area contributed by atoms with Crippen LogP contribution in [0, 0.1) is 6.92 Å². The van der Waals surface area contributed by atoms with Crippen molar-refractivity contribution >= 4 is 6.08 Å². The SMILES string of the molecule is [2H]C=Cc1ccc(C)cc1. The summed E-state index contributed by atoms with van der Waals surface area (Å²) in [4.78, 5) is 0. The third-order valence-corrected chi connectivity index (χ3v) is 1.27. The van der Waals surface area contributed by atoms with Crippen molar-refractivity contribution in [2.75, 3.05) is 0 Å². The van der Waals surface area contributed by atoms with E-state index in [1.807, 2.05) is 31.2 Å². The third kappa shape index (κ3) is 1.43. The zero-order chi connectivity index (χ0) is 7.40. The second-order valence-electron chi connectivity index (χ2n) is 2.08. The number of hydrogen-bond donors (Lipinski definition) is 0. The van der Waals surface area contributed by atoms with Crippen LogP contribution in [-0.4, -0.2) is 0 Å². The van der Waals surface area contributed by atoms with Gasteiger partial charge in [-0.15, -0.1) is 0 Å². The fourth-order valence-corrected chi connectivity index (χ4v) is 0.678. The molecule has 46 valence electrons. The van der Waals surface area contributed by atoms with Gasteiger partial charge >= 0.3 is 0 Å². The molecule has 1 aromatic rings. The Morgan fingerprint density at radius 3 is 2.67 bits per heavy atom. The fourth-order valence-electron chi connectivity index (χ4n) is 0.678. The highest BCUT2D eigenvalue weighted by molar-refractivity contribution is 5.46. The summed E-state index contributed by atoms with van der Waals surface area (Å²) >= 11 is 0. The summed E-state index contributed by atoms with van der Waals surface area (Å²) in [6.07, 6.45) is 1.76. The van der Waals surface area contributed by atoms with E-state index in [2.05, 4.69) is 0 Å². The molecule has 0 fully saturated rings. The molecule has 0 unspecified atom stereocenters. The molecule has 0 saturated heterocycles. The van der Waals surface area contributed by atoms with Gasteiger partial charge in [0, 0.05) is 0 Å². The molecule has 0 N–H and O–H groups in total. The molecule has 0 atom stereocenters. The van der Waals surface area contributed by atoms with Gasteiger partial charge in [-0.05, 0) is 12.5 Å². The maximum absolute atomic E-state index is 6.81. The molecule has 0 saturated carbocycles. The van der Waals surface area contributed by atoms with Crippen molar-refractivity contribution in [1.29, 1.82) is 0 Å². The van der Waals surface area contributed by atoms with Crippen LogP contribution in [-0.2, 0) is 0 Å². The average molecular weight is 119 g/mol. The molecule has 0 aliphatic carbocycles. The molecule has 0 heterocycles. The van der Waals surface area contributed by atoms with Crippen LogP contribution < -0.4 is 0 Å². The molecule has 0 aromatic heterocycles. The average Bonchev–Trinajstić information content (AvgIpc) is 1.95. The van der Waals surface area contributed by atoms with Crippen LogP contribution >= 0.6 is 0 Å². The van der Waals surface area contributed by atoms with Gasteiger partial charge in [0.25, 0.3) is 0 Å². The lowest BCUT2D eigenvalue weighted by atomic mass is 10.2. The summed E-state index contributed by atoms with van der Waals surface area (Å²) in [5.41, 5.74) is 2.34. The molecule has 0 radical (unpaired) electrons. The van der Waals surface area contributed by atoms with Crippen molar-refractivity contribution in [1.82, 2.24) is 0 Å². The summed E-state index contributed by atoms with van der Waals surface area (Å²) < 4.78 is 6.81. The first-order valence-corrected chi connectivity index (χ1v) is 2.94. The minimum atomic E-state index is 1.08. The Balaban J connectivity index is 2.89. The molecule has 0 aliphatic heterocycles. The van der Waals surface area contributed by atoms with Gasteiger partial charge in [0.2, 0.25) is 0 Å². The largest absolute Gasteiger partial charge is 0.0985 e. The quantitative estimate of drug-likeness (QED) is 0.533. The Labute approximate surface area is 57.2 Å². The number of benzene rings is 1. The van der Waals surface area contributed by atoms with Gasteiger partial charge in [0.05, 0.1) is 1.37 Å². The lowest BCUT2D eigenvalue weighted by molar-refractivity contribution is 1.46. The van der Waals surface area contributed by atoms with Crippen LogP contribution in [0.15, 0.2) is 30.8 Å². The zero-order valence-corrected chi connectivity index (χ0v) is 5.46. The van der Waals surface area contributed by atoms with Crippen LogP contribution in [0.5, 0.6) is 0 Å². The van der Waals surface area contributed by atoms with Crippen LogP contribution in [0.25, 0.3) is 6.08 Å². The fraction of sp³-hybridized carbons (Fsp3) is 0.111. The van der Waals surface area contributed by atoms with E-state index in [9.17, 15) is 0 Å². The molecule has 0 bridgehead atoms. The van der Waals surface area contributed by atoms with Gasteiger partial charge in [0.15, 0.2) is 0 Å². The minimum Gasteiger partial charge on any atom is -0.0985 e. The van der Waals surface area contributed by atoms with Crippen LogP contribution in [0.4, 0.5) is 0 Å². The number of rotatable bonds is 1. The molecule has 1 aromatic carbocycles.